The van der Waals surface area contributed by atoms with Gasteiger partial charge in [0.2, 0.25) is 10.0 Å². The molecule has 0 atom stereocenters. The second-order valence-corrected chi connectivity index (χ2v) is 10.3. The van der Waals surface area contributed by atoms with Crippen LogP contribution in [0.1, 0.15) is 0 Å². The highest BCUT2D eigenvalue weighted by Crippen LogP contribution is 2.36. The number of halogens is 1. The first-order chi connectivity index (χ1) is 13.9. The minimum absolute atomic E-state index is 0.0367. The number of hydrogen-bond donors (Lipinski definition) is 4. The van der Waals surface area contributed by atoms with Crippen LogP contribution in [0, 0.1) is 11.5 Å². The molecule has 0 bridgehead atoms. The number of sulfonamides is 2. The third-order valence-corrected chi connectivity index (χ3v) is 6.35. The number of aromatic hydroxyl groups is 1. The van der Waals surface area contributed by atoms with E-state index in [0.29, 0.717) is 0 Å². The molecule has 2 aromatic carbocycles. The predicted molar refractivity (Wildman–Crippen MR) is 118 cm³/mol. The van der Waals surface area contributed by atoms with E-state index >= 15 is 0 Å². The Morgan fingerprint density at radius 2 is 1.80 bits per heavy atom. The Kier molecular flexibility index (Phi) is 7.43. The van der Waals surface area contributed by atoms with Crippen molar-refractivity contribution in [3.05, 3.63) is 41.4 Å². The van der Waals surface area contributed by atoms with Crippen molar-refractivity contribution in [3.8, 4) is 11.9 Å². The summed E-state index contributed by atoms with van der Waals surface area (Å²) in [6, 6.07) is 7.66. The van der Waals surface area contributed by atoms with Crippen LogP contribution in [0.5, 0.6) is 5.75 Å². The Hall–Kier alpha value is -2.66. The minimum atomic E-state index is -4.23. The van der Waals surface area contributed by atoms with E-state index in [4.69, 9.17) is 16.9 Å². The number of nitriles is 1. The smallest absolute Gasteiger partial charge is 0.263 e. The first-order valence-electron chi connectivity index (χ1n) is 7.86. The van der Waals surface area contributed by atoms with Crippen LogP contribution in [-0.2, 0) is 20.0 Å². The van der Waals surface area contributed by atoms with Gasteiger partial charge in [-0.1, -0.05) is 29.4 Å². The van der Waals surface area contributed by atoms with Crippen LogP contribution in [0.2, 0.25) is 5.02 Å². The number of rotatable bonds is 6. The van der Waals surface area contributed by atoms with Crippen molar-refractivity contribution in [1.82, 2.24) is 5.32 Å². The van der Waals surface area contributed by atoms with Crippen molar-refractivity contribution in [2.45, 2.75) is 4.90 Å². The molecule has 30 heavy (non-hydrogen) atoms. The first kappa shape index (κ1) is 23.6. The van der Waals surface area contributed by atoms with Gasteiger partial charge in [-0.05, 0) is 30.5 Å². The molecule has 0 aliphatic heterocycles. The summed E-state index contributed by atoms with van der Waals surface area (Å²) < 4.78 is 52.6. The molecular formula is C16H16ClN5O5S3. The fourth-order valence-electron chi connectivity index (χ4n) is 2.18. The van der Waals surface area contributed by atoms with Gasteiger partial charge in [-0.25, -0.2) is 21.8 Å². The zero-order chi connectivity index (χ0) is 22.5. The monoisotopic (exact) mass is 489 g/mol. The van der Waals surface area contributed by atoms with E-state index in [2.05, 4.69) is 19.8 Å². The van der Waals surface area contributed by atoms with Crippen LogP contribution >= 0.6 is 23.4 Å². The number of phenols is 1. The van der Waals surface area contributed by atoms with Crippen molar-refractivity contribution >= 4 is 65.6 Å². The second kappa shape index (κ2) is 9.43. The van der Waals surface area contributed by atoms with Crippen LogP contribution in [-0.4, -0.2) is 39.6 Å². The van der Waals surface area contributed by atoms with Gasteiger partial charge in [-0.2, -0.15) is 5.26 Å². The molecule has 0 aliphatic rings. The Balaban J connectivity index is 2.38. The lowest BCUT2D eigenvalue weighted by Crippen LogP contribution is -2.14. The first-order valence-corrected chi connectivity index (χ1v) is 12.8. The van der Waals surface area contributed by atoms with E-state index in [1.165, 1.54) is 24.3 Å². The fourth-order valence-corrected chi connectivity index (χ4v) is 4.66. The number of nitrogens with zero attached hydrogens (tertiary/aromatic N) is 2. The van der Waals surface area contributed by atoms with Gasteiger partial charge < -0.3 is 5.11 Å². The molecule has 0 saturated heterocycles. The largest absolute Gasteiger partial charge is 0.506 e. The molecule has 160 valence electrons. The van der Waals surface area contributed by atoms with E-state index in [-0.39, 0.29) is 27.3 Å². The molecule has 0 saturated carbocycles. The maximum atomic E-state index is 12.7. The van der Waals surface area contributed by atoms with Gasteiger partial charge in [-0.15, -0.1) is 0 Å². The van der Waals surface area contributed by atoms with E-state index in [1.54, 1.807) is 12.4 Å². The van der Waals surface area contributed by atoms with Crippen LogP contribution in [0.25, 0.3) is 0 Å². The molecule has 14 heteroatoms. The third kappa shape index (κ3) is 6.42. The standard InChI is InChI=1S/C16H16ClN5O5S3/c1-28-16(19-9-18)20-13-7-12(17)15(8-14(13)23)30(26,27)22-11-5-3-4-10(6-11)21-29(2,24)25/h3-8,21-23H,1-2H3,(H,19,20). The lowest BCUT2D eigenvalue weighted by atomic mass is 10.3. The molecule has 0 amide bonds. The van der Waals surface area contributed by atoms with Crippen molar-refractivity contribution in [3.63, 3.8) is 0 Å². The van der Waals surface area contributed by atoms with E-state index in [0.717, 1.165) is 30.2 Å². The van der Waals surface area contributed by atoms with Crippen LogP contribution in [0.15, 0.2) is 46.3 Å². The average molecular weight is 490 g/mol. The van der Waals surface area contributed by atoms with E-state index in [1.807, 2.05) is 0 Å². The van der Waals surface area contributed by atoms with E-state index in [9.17, 15) is 21.9 Å². The quantitative estimate of drug-likeness (QED) is 0.208. The number of amidine groups is 1. The summed E-state index contributed by atoms with van der Waals surface area (Å²) in [6.07, 6.45) is 4.30. The maximum absolute atomic E-state index is 12.7. The normalized spacial score (nSPS) is 12.1. The SMILES string of the molecule is CSC(=Nc1cc(Cl)c(S(=O)(=O)Nc2cccc(NS(C)(=O)=O)c2)cc1O)NC#N. The lowest BCUT2D eigenvalue weighted by Gasteiger charge is -2.12. The highest BCUT2D eigenvalue weighted by Gasteiger charge is 2.21. The van der Waals surface area contributed by atoms with Crippen molar-refractivity contribution in [2.24, 2.45) is 4.99 Å². The summed E-state index contributed by atoms with van der Waals surface area (Å²) in [5, 5.41) is 21.1. The number of nitrogens with one attached hydrogen (secondary N) is 3. The molecule has 0 heterocycles. The molecule has 0 aliphatic carbocycles. The second-order valence-electron chi connectivity index (χ2n) is 5.69. The Labute approximate surface area is 183 Å². The van der Waals surface area contributed by atoms with Gasteiger partial charge in [0.05, 0.1) is 22.7 Å². The predicted octanol–water partition coefficient (Wildman–Crippen LogP) is 2.64. The number of thioether (sulfide) groups is 1. The van der Waals surface area contributed by atoms with Gasteiger partial charge in [0.15, 0.2) is 11.4 Å². The van der Waals surface area contributed by atoms with Crippen LogP contribution < -0.4 is 14.8 Å². The summed E-state index contributed by atoms with van der Waals surface area (Å²) in [6.45, 7) is 0. The lowest BCUT2D eigenvalue weighted by molar-refractivity contribution is 0.475. The topological polar surface area (TPSA) is 161 Å². The van der Waals surface area contributed by atoms with E-state index < -0.39 is 30.7 Å². The molecule has 10 nitrogen and oxygen atoms in total. The fraction of sp³-hybridized carbons (Fsp3) is 0.125. The zero-order valence-corrected chi connectivity index (χ0v) is 18.7. The number of anilines is 2. The van der Waals surface area contributed by atoms with Crippen molar-refractivity contribution in [2.75, 3.05) is 22.0 Å². The summed E-state index contributed by atoms with van der Waals surface area (Å²) in [4.78, 5) is 3.60. The van der Waals surface area contributed by atoms with Crippen LogP contribution in [0.3, 0.4) is 0 Å². The molecule has 2 aromatic rings. The molecule has 2 rings (SSSR count). The number of hydrogen-bond acceptors (Lipinski definition) is 8. The van der Waals surface area contributed by atoms with Gasteiger partial charge in [0.25, 0.3) is 10.0 Å². The molecule has 0 fully saturated rings. The van der Waals surface area contributed by atoms with Crippen molar-refractivity contribution in [1.29, 1.82) is 5.26 Å². The Bertz CT molecular complexity index is 1240. The third-order valence-electron chi connectivity index (χ3n) is 3.31. The number of benzene rings is 2. The highest BCUT2D eigenvalue weighted by molar-refractivity contribution is 8.13. The summed E-state index contributed by atoms with van der Waals surface area (Å²) >= 11 is 7.19. The highest BCUT2D eigenvalue weighted by atomic mass is 35.5. The zero-order valence-electron chi connectivity index (χ0n) is 15.5. The van der Waals surface area contributed by atoms with Gasteiger partial charge >= 0.3 is 0 Å². The molecule has 0 spiro atoms. The molecule has 0 unspecified atom stereocenters. The molecule has 0 aromatic heterocycles. The maximum Gasteiger partial charge on any atom is 0.263 e. The average Bonchev–Trinajstić information content (AvgIpc) is 2.62. The summed E-state index contributed by atoms with van der Waals surface area (Å²) in [5.74, 6) is -0.474. The molecular weight excluding hydrogens is 474 g/mol. The van der Waals surface area contributed by atoms with Gasteiger partial charge in [-0.3, -0.25) is 14.8 Å². The Morgan fingerprint density at radius 1 is 1.17 bits per heavy atom. The Morgan fingerprint density at radius 3 is 2.37 bits per heavy atom. The molecule has 4 N–H and O–H groups in total. The number of aliphatic imine (C=N–C) groups is 1. The van der Waals surface area contributed by atoms with Gasteiger partial charge in [0.1, 0.15) is 16.3 Å². The van der Waals surface area contributed by atoms with Gasteiger partial charge in [0, 0.05) is 6.07 Å². The number of phenolic OH excluding ortho intramolecular Hbond substituents is 1. The van der Waals surface area contributed by atoms with Crippen LogP contribution in [0.4, 0.5) is 17.1 Å². The summed E-state index contributed by atoms with van der Waals surface area (Å²) in [7, 11) is -7.77. The summed E-state index contributed by atoms with van der Waals surface area (Å²) in [5.41, 5.74) is 0.195. The minimum Gasteiger partial charge on any atom is -0.506 e. The molecule has 0 radical (unpaired) electrons. The van der Waals surface area contributed by atoms with Crippen molar-refractivity contribution < 1.29 is 21.9 Å².